The van der Waals surface area contributed by atoms with Crippen LogP contribution in [0.4, 0.5) is 0 Å². The summed E-state index contributed by atoms with van der Waals surface area (Å²) in [4.78, 5) is 16.3. The Morgan fingerprint density at radius 3 is 2.67 bits per heavy atom. The quantitative estimate of drug-likeness (QED) is 0.734. The molecule has 2 rings (SSSR count). The van der Waals surface area contributed by atoms with Gasteiger partial charge in [-0.2, -0.15) is 0 Å². The minimum atomic E-state index is -0.0994. The first-order valence-electron chi connectivity index (χ1n) is 7.40. The molecule has 3 heteroatoms. The second kappa shape index (κ2) is 7.01. The lowest BCUT2D eigenvalue weighted by Crippen LogP contribution is -2.38. The Hall–Kier alpha value is -1.45. The Bertz CT molecular complexity index is 604. The topological polar surface area (TPSA) is 20.3 Å². The molecule has 1 aromatic heterocycles. The molecule has 0 N–H and O–H groups in total. The van der Waals surface area contributed by atoms with E-state index in [1.807, 2.05) is 32.9 Å². The van der Waals surface area contributed by atoms with Crippen molar-refractivity contribution in [2.24, 2.45) is 0 Å². The van der Waals surface area contributed by atoms with E-state index in [-0.39, 0.29) is 11.8 Å². The third kappa shape index (κ3) is 3.80. The number of likely N-dealkylation sites (N-methyl/N-ethyl adjacent to an activating group) is 1. The molecule has 0 amide bonds. The summed E-state index contributed by atoms with van der Waals surface area (Å²) in [5, 5.41) is 2.08. The SMILES string of the molecule is CCN(Cc1cccs1)C(C)C(=O)c1cc(C)ccc1C. The van der Waals surface area contributed by atoms with Crippen molar-refractivity contribution in [1.29, 1.82) is 0 Å². The highest BCUT2D eigenvalue weighted by molar-refractivity contribution is 7.09. The molecule has 21 heavy (non-hydrogen) atoms. The second-order valence-corrected chi connectivity index (χ2v) is 6.53. The van der Waals surface area contributed by atoms with Gasteiger partial charge in [0.15, 0.2) is 5.78 Å². The van der Waals surface area contributed by atoms with Crippen molar-refractivity contribution >= 4 is 17.1 Å². The van der Waals surface area contributed by atoms with Crippen molar-refractivity contribution in [1.82, 2.24) is 4.90 Å². The molecule has 0 saturated carbocycles. The van der Waals surface area contributed by atoms with Crippen LogP contribution < -0.4 is 0 Å². The maximum Gasteiger partial charge on any atom is 0.179 e. The molecule has 0 bridgehead atoms. The van der Waals surface area contributed by atoms with Crippen LogP contribution in [0.2, 0.25) is 0 Å². The molecule has 0 aliphatic rings. The summed E-state index contributed by atoms with van der Waals surface area (Å²) in [7, 11) is 0. The van der Waals surface area contributed by atoms with E-state index in [1.54, 1.807) is 11.3 Å². The summed E-state index contributed by atoms with van der Waals surface area (Å²) in [5.41, 5.74) is 3.05. The first-order chi connectivity index (χ1) is 10.0. The van der Waals surface area contributed by atoms with Crippen molar-refractivity contribution in [3.8, 4) is 0 Å². The summed E-state index contributed by atoms with van der Waals surface area (Å²) in [6.07, 6.45) is 0. The zero-order valence-corrected chi connectivity index (χ0v) is 14.0. The Morgan fingerprint density at radius 1 is 1.29 bits per heavy atom. The van der Waals surface area contributed by atoms with Crippen LogP contribution in [-0.2, 0) is 6.54 Å². The fourth-order valence-corrected chi connectivity index (χ4v) is 3.25. The van der Waals surface area contributed by atoms with Crippen molar-refractivity contribution in [3.05, 3.63) is 57.3 Å². The fraction of sp³-hybridized carbons (Fsp3) is 0.389. The molecule has 0 aliphatic carbocycles. The van der Waals surface area contributed by atoms with Crippen LogP contribution >= 0.6 is 11.3 Å². The van der Waals surface area contributed by atoms with E-state index in [4.69, 9.17) is 0 Å². The number of ketones is 1. The van der Waals surface area contributed by atoms with Crippen LogP contribution in [-0.4, -0.2) is 23.3 Å². The van der Waals surface area contributed by atoms with Crippen LogP contribution in [0.25, 0.3) is 0 Å². The van der Waals surface area contributed by atoms with Gasteiger partial charge in [0, 0.05) is 17.0 Å². The molecule has 1 atom stereocenters. The molecule has 0 aliphatic heterocycles. The van der Waals surface area contributed by atoms with Crippen LogP contribution in [0.5, 0.6) is 0 Å². The van der Waals surface area contributed by atoms with Gasteiger partial charge < -0.3 is 0 Å². The number of Topliss-reactive ketones (excluding diaryl/α,β-unsaturated/α-hetero) is 1. The average molecular weight is 301 g/mol. The van der Waals surface area contributed by atoms with Crippen molar-refractivity contribution in [2.75, 3.05) is 6.54 Å². The Morgan fingerprint density at radius 2 is 2.05 bits per heavy atom. The van der Waals surface area contributed by atoms with E-state index in [1.165, 1.54) is 4.88 Å². The van der Waals surface area contributed by atoms with Gasteiger partial charge >= 0.3 is 0 Å². The average Bonchev–Trinajstić information content (AvgIpc) is 2.99. The van der Waals surface area contributed by atoms with Gasteiger partial charge in [0.05, 0.1) is 6.04 Å². The Kier molecular flexibility index (Phi) is 5.32. The minimum Gasteiger partial charge on any atom is -0.292 e. The third-order valence-corrected chi connectivity index (χ3v) is 4.79. The fourth-order valence-electron chi connectivity index (χ4n) is 2.52. The molecular weight excluding hydrogens is 278 g/mol. The number of carbonyl (C=O) groups is 1. The van der Waals surface area contributed by atoms with E-state index >= 15 is 0 Å². The summed E-state index contributed by atoms with van der Waals surface area (Å²) in [6, 6.07) is 10.2. The van der Waals surface area contributed by atoms with Gasteiger partial charge in [0.25, 0.3) is 0 Å². The van der Waals surface area contributed by atoms with Gasteiger partial charge in [-0.1, -0.05) is 30.7 Å². The van der Waals surface area contributed by atoms with Crippen LogP contribution in [0.1, 0.15) is 40.2 Å². The first kappa shape index (κ1) is 15.9. The van der Waals surface area contributed by atoms with Gasteiger partial charge in [0.1, 0.15) is 0 Å². The van der Waals surface area contributed by atoms with E-state index in [9.17, 15) is 4.79 Å². The smallest absolute Gasteiger partial charge is 0.179 e. The number of nitrogens with zero attached hydrogens (tertiary/aromatic N) is 1. The lowest BCUT2D eigenvalue weighted by Gasteiger charge is -2.26. The minimum absolute atomic E-state index is 0.0994. The predicted octanol–water partition coefficient (Wildman–Crippen LogP) is 4.46. The van der Waals surface area contributed by atoms with Crippen molar-refractivity contribution < 1.29 is 4.79 Å². The van der Waals surface area contributed by atoms with Crippen molar-refractivity contribution in [2.45, 2.75) is 40.3 Å². The molecule has 1 unspecified atom stereocenters. The third-order valence-electron chi connectivity index (χ3n) is 3.93. The molecule has 1 aromatic carbocycles. The second-order valence-electron chi connectivity index (χ2n) is 5.50. The monoisotopic (exact) mass is 301 g/mol. The number of thiophene rings is 1. The summed E-state index contributed by atoms with van der Waals surface area (Å²) >= 11 is 1.74. The van der Waals surface area contributed by atoms with Gasteiger partial charge in [-0.15, -0.1) is 11.3 Å². The van der Waals surface area contributed by atoms with Gasteiger partial charge in [0.2, 0.25) is 0 Å². The lowest BCUT2D eigenvalue weighted by molar-refractivity contribution is 0.0836. The lowest BCUT2D eigenvalue weighted by atomic mass is 9.97. The van der Waals surface area contributed by atoms with Crippen LogP contribution in [0.3, 0.4) is 0 Å². The number of aryl methyl sites for hydroxylation is 2. The summed E-state index contributed by atoms with van der Waals surface area (Å²) in [6.45, 7) is 9.88. The van der Waals surface area contributed by atoms with E-state index in [0.717, 1.165) is 29.8 Å². The number of hydrogen-bond donors (Lipinski definition) is 0. The maximum absolute atomic E-state index is 12.8. The van der Waals surface area contributed by atoms with E-state index in [0.29, 0.717) is 0 Å². The molecule has 0 fully saturated rings. The standard InChI is InChI=1S/C18H23NOS/c1-5-19(12-16-7-6-10-21-16)15(4)18(20)17-11-13(2)8-9-14(17)3/h6-11,15H,5,12H2,1-4H3. The zero-order chi connectivity index (χ0) is 15.4. The van der Waals surface area contributed by atoms with E-state index in [2.05, 4.69) is 35.4 Å². The molecule has 0 saturated heterocycles. The maximum atomic E-state index is 12.8. The van der Waals surface area contributed by atoms with E-state index < -0.39 is 0 Å². The molecule has 0 radical (unpaired) electrons. The number of benzene rings is 1. The molecule has 2 nitrogen and oxygen atoms in total. The van der Waals surface area contributed by atoms with Gasteiger partial charge in [-0.05, 0) is 50.4 Å². The first-order valence-corrected chi connectivity index (χ1v) is 8.28. The largest absolute Gasteiger partial charge is 0.292 e. The summed E-state index contributed by atoms with van der Waals surface area (Å²) in [5.74, 6) is 0.217. The molecular formula is C18H23NOS. The van der Waals surface area contributed by atoms with Crippen LogP contribution in [0, 0.1) is 13.8 Å². The predicted molar refractivity (Wildman–Crippen MR) is 90.1 cm³/mol. The number of rotatable bonds is 6. The molecule has 1 heterocycles. The van der Waals surface area contributed by atoms with Gasteiger partial charge in [-0.3, -0.25) is 9.69 Å². The molecule has 2 aromatic rings. The van der Waals surface area contributed by atoms with Crippen LogP contribution in [0.15, 0.2) is 35.7 Å². The molecule has 0 spiro atoms. The highest BCUT2D eigenvalue weighted by Crippen LogP contribution is 2.18. The molecule has 112 valence electrons. The highest BCUT2D eigenvalue weighted by atomic mass is 32.1. The Labute approximate surface area is 131 Å². The van der Waals surface area contributed by atoms with Crippen molar-refractivity contribution in [3.63, 3.8) is 0 Å². The Balaban J connectivity index is 2.18. The zero-order valence-electron chi connectivity index (χ0n) is 13.2. The normalized spacial score (nSPS) is 12.6. The summed E-state index contributed by atoms with van der Waals surface area (Å²) < 4.78 is 0. The number of hydrogen-bond acceptors (Lipinski definition) is 3. The number of carbonyl (C=O) groups excluding carboxylic acids is 1. The van der Waals surface area contributed by atoms with Gasteiger partial charge in [-0.25, -0.2) is 0 Å². The highest BCUT2D eigenvalue weighted by Gasteiger charge is 2.23.